The Bertz CT molecular complexity index is 414. The molecule has 18 heavy (non-hydrogen) atoms. The summed E-state index contributed by atoms with van der Waals surface area (Å²) in [7, 11) is 0. The molecule has 0 saturated carbocycles. The van der Waals surface area contributed by atoms with E-state index in [1.54, 1.807) is 6.92 Å². The average Bonchev–Trinajstić information content (AvgIpc) is 2.27. The van der Waals surface area contributed by atoms with Gasteiger partial charge in [0.1, 0.15) is 5.75 Å². The van der Waals surface area contributed by atoms with Gasteiger partial charge in [0.2, 0.25) is 0 Å². The normalized spacial score (nSPS) is 11.4. The third-order valence-corrected chi connectivity index (χ3v) is 2.95. The van der Waals surface area contributed by atoms with Crippen LogP contribution in [0.4, 0.5) is 0 Å². The summed E-state index contributed by atoms with van der Waals surface area (Å²) in [5, 5.41) is 0. The van der Waals surface area contributed by atoms with Crippen molar-refractivity contribution in [1.82, 2.24) is 0 Å². The predicted octanol–water partition coefficient (Wildman–Crippen LogP) is 4.37. The first-order valence-corrected chi connectivity index (χ1v) is 6.65. The number of ketones is 1. The standard InChI is InChI=1S/C16H24O2/c1-6-7-11-18-15-13(12(2)17)9-8-10-14(15)16(3,4)5/h8-10H,6-7,11H2,1-5H3. The second-order valence-electron chi connectivity index (χ2n) is 5.69. The van der Waals surface area contributed by atoms with Crippen molar-refractivity contribution in [3.63, 3.8) is 0 Å². The van der Waals surface area contributed by atoms with Gasteiger partial charge in [-0.3, -0.25) is 4.79 Å². The second-order valence-corrected chi connectivity index (χ2v) is 5.69. The molecule has 1 rings (SSSR count). The highest BCUT2D eigenvalue weighted by atomic mass is 16.5. The first-order valence-electron chi connectivity index (χ1n) is 6.65. The minimum absolute atomic E-state index is 0.0208. The Kier molecular flexibility index (Phi) is 4.94. The quantitative estimate of drug-likeness (QED) is 0.571. The molecule has 0 aliphatic carbocycles. The summed E-state index contributed by atoms with van der Waals surface area (Å²) in [5.74, 6) is 0.832. The lowest BCUT2D eigenvalue weighted by Gasteiger charge is -2.24. The fourth-order valence-corrected chi connectivity index (χ4v) is 1.88. The van der Waals surface area contributed by atoms with Crippen LogP contribution in [0.15, 0.2) is 18.2 Å². The first kappa shape index (κ1) is 14.7. The van der Waals surface area contributed by atoms with E-state index in [0.29, 0.717) is 12.2 Å². The lowest BCUT2D eigenvalue weighted by molar-refractivity contribution is 0.101. The van der Waals surface area contributed by atoms with Crippen LogP contribution in [0.5, 0.6) is 5.75 Å². The molecule has 0 fully saturated rings. The van der Waals surface area contributed by atoms with Crippen molar-refractivity contribution in [1.29, 1.82) is 0 Å². The summed E-state index contributed by atoms with van der Waals surface area (Å²) < 4.78 is 5.88. The fraction of sp³-hybridized carbons (Fsp3) is 0.562. The van der Waals surface area contributed by atoms with Crippen LogP contribution in [0.25, 0.3) is 0 Å². The summed E-state index contributed by atoms with van der Waals surface area (Å²) in [6.07, 6.45) is 2.10. The predicted molar refractivity (Wildman–Crippen MR) is 75.5 cm³/mol. The van der Waals surface area contributed by atoms with Crippen molar-refractivity contribution >= 4 is 5.78 Å². The Morgan fingerprint density at radius 1 is 1.28 bits per heavy atom. The van der Waals surface area contributed by atoms with Crippen LogP contribution >= 0.6 is 0 Å². The van der Waals surface area contributed by atoms with Crippen LogP contribution in [0.3, 0.4) is 0 Å². The lowest BCUT2D eigenvalue weighted by Crippen LogP contribution is -2.16. The molecule has 0 amide bonds. The highest BCUT2D eigenvalue weighted by molar-refractivity contribution is 5.97. The van der Waals surface area contributed by atoms with Crippen LogP contribution in [0.2, 0.25) is 0 Å². The maximum atomic E-state index is 11.7. The molecule has 0 unspecified atom stereocenters. The van der Waals surface area contributed by atoms with E-state index >= 15 is 0 Å². The van der Waals surface area contributed by atoms with Gasteiger partial charge in [0.05, 0.1) is 12.2 Å². The van der Waals surface area contributed by atoms with Gasteiger partial charge in [-0.05, 0) is 24.8 Å². The highest BCUT2D eigenvalue weighted by Gasteiger charge is 2.22. The molecule has 0 aliphatic rings. The molecule has 1 aromatic carbocycles. The van der Waals surface area contributed by atoms with Crippen molar-refractivity contribution in [2.24, 2.45) is 0 Å². The molecule has 0 saturated heterocycles. The van der Waals surface area contributed by atoms with E-state index in [4.69, 9.17) is 4.74 Å². The third-order valence-electron chi connectivity index (χ3n) is 2.95. The van der Waals surface area contributed by atoms with E-state index < -0.39 is 0 Å². The lowest BCUT2D eigenvalue weighted by atomic mass is 9.85. The maximum Gasteiger partial charge on any atom is 0.163 e. The van der Waals surface area contributed by atoms with Gasteiger partial charge >= 0.3 is 0 Å². The monoisotopic (exact) mass is 248 g/mol. The van der Waals surface area contributed by atoms with Crippen molar-refractivity contribution in [3.05, 3.63) is 29.3 Å². The van der Waals surface area contributed by atoms with Gasteiger partial charge in [-0.15, -0.1) is 0 Å². The van der Waals surface area contributed by atoms with E-state index in [9.17, 15) is 4.79 Å². The van der Waals surface area contributed by atoms with Crippen LogP contribution in [-0.4, -0.2) is 12.4 Å². The van der Waals surface area contributed by atoms with E-state index in [2.05, 4.69) is 27.7 Å². The topological polar surface area (TPSA) is 26.3 Å². The molecule has 2 heteroatoms. The summed E-state index contributed by atoms with van der Waals surface area (Å²) in [5.41, 5.74) is 1.78. The smallest absolute Gasteiger partial charge is 0.163 e. The number of para-hydroxylation sites is 1. The van der Waals surface area contributed by atoms with E-state index in [-0.39, 0.29) is 11.2 Å². The van der Waals surface area contributed by atoms with E-state index in [1.165, 1.54) is 0 Å². The Hall–Kier alpha value is -1.31. The Morgan fingerprint density at radius 2 is 1.94 bits per heavy atom. The van der Waals surface area contributed by atoms with Gasteiger partial charge in [0, 0.05) is 5.56 Å². The number of unbranched alkanes of at least 4 members (excludes halogenated alkanes) is 1. The number of rotatable bonds is 5. The minimum Gasteiger partial charge on any atom is -0.493 e. The van der Waals surface area contributed by atoms with Gasteiger partial charge in [-0.2, -0.15) is 0 Å². The van der Waals surface area contributed by atoms with Crippen LogP contribution < -0.4 is 4.74 Å². The number of carbonyl (C=O) groups is 1. The molecule has 0 spiro atoms. The van der Waals surface area contributed by atoms with Crippen molar-refractivity contribution in [2.45, 2.75) is 52.9 Å². The molecular weight excluding hydrogens is 224 g/mol. The van der Waals surface area contributed by atoms with Gasteiger partial charge in [-0.25, -0.2) is 0 Å². The largest absolute Gasteiger partial charge is 0.493 e. The molecule has 0 atom stereocenters. The number of hydrogen-bond donors (Lipinski definition) is 0. The molecule has 0 aliphatic heterocycles. The molecule has 0 heterocycles. The number of ether oxygens (including phenoxy) is 1. The molecule has 0 bridgehead atoms. The van der Waals surface area contributed by atoms with Gasteiger partial charge in [0.15, 0.2) is 5.78 Å². The molecule has 0 radical (unpaired) electrons. The van der Waals surface area contributed by atoms with Gasteiger partial charge in [-0.1, -0.05) is 46.2 Å². The van der Waals surface area contributed by atoms with Crippen molar-refractivity contribution in [2.75, 3.05) is 6.61 Å². The Balaban J connectivity index is 3.17. The number of benzene rings is 1. The highest BCUT2D eigenvalue weighted by Crippen LogP contribution is 2.34. The Labute approximate surface area is 110 Å². The minimum atomic E-state index is -0.0208. The summed E-state index contributed by atoms with van der Waals surface area (Å²) in [6, 6.07) is 5.83. The first-order chi connectivity index (χ1) is 8.38. The number of Topliss-reactive ketones (excluding diaryl/α,β-unsaturated/α-hetero) is 1. The summed E-state index contributed by atoms with van der Waals surface area (Å²) in [4.78, 5) is 11.7. The molecule has 0 N–H and O–H groups in total. The third kappa shape index (κ3) is 3.59. The van der Waals surface area contributed by atoms with Crippen molar-refractivity contribution in [3.8, 4) is 5.75 Å². The van der Waals surface area contributed by atoms with Gasteiger partial charge in [0.25, 0.3) is 0 Å². The van der Waals surface area contributed by atoms with E-state index in [1.807, 2.05) is 18.2 Å². The summed E-state index contributed by atoms with van der Waals surface area (Å²) >= 11 is 0. The van der Waals surface area contributed by atoms with Crippen LogP contribution in [-0.2, 0) is 5.41 Å². The number of carbonyl (C=O) groups excluding carboxylic acids is 1. The average molecular weight is 248 g/mol. The maximum absolute atomic E-state index is 11.7. The van der Waals surface area contributed by atoms with Crippen LogP contribution in [0.1, 0.15) is 63.4 Å². The van der Waals surface area contributed by atoms with Crippen molar-refractivity contribution < 1.29 is 9.53 Å². The zero-order valence-corrected chi connectivity index (χ0v) is 12.2. The van der Waals surface area contributed by atoms with Crippen LogP contribution in [0, 0.1) is 0 Å². The number of hydrogen-bond acceptors (Lipinski definition) is 2. The Morgan fingerprint density at radius 3 is 2.44 bits per heavy atom. The molecular formula is C16H24O2. The molecule has 2 nitrogen and oxygen atoms in total. The molecule has 100 valence electrons. The zero-order chi connectivity index (χ0) is 13.8. The summed E-state index contributed by atoms with van der Waals surface area (Å²) in [6.45, 7) is 10.8. The fourth-order valence-electron chi connectivity index (χ4n) is 1.88. The van der Waals surface area contributed by atoms with E-state index in [0.717, 1.165) is 24.2 Å². The molecule has 0 aromatic heterocycles. The second kappa shape index (κ2) is 6.03. The molecule has 1 aromatic rings. The zero-order valence-electron chi connectivity index (χ0n) is 12.2. The SMILES string of the molecule is CCCCOc1c(C(C)=O)cccc1C(C)(C)C. The van der Waals surface area contributed by atoms with Gasteiger partial charge < -0.3 is 4.74 Å².